The van der Waals surface area contributed by atoms with E-state index in [-0.39, 0.29) is 0 Å². The fourth-order valence-electron chi connectivity index (χ4n) is 1.77. The quantitative estimate of drug-likeness (QED) is 0.849. The molecule has 1 heterocycles. The van der Waals surface area contributed by atoms with Gasteiger partial charge in [0.25, 0.3) is 0 Å². The Kier molecular flexibility index (Phi) is 3.32. The summed E-state index contributed by atoms with van der Waals surface area (Å²) >= 11 is 0. The molecule has 2 heteroatoms. The Labute approximate surface area is 96.1 Å². The maximum absolute atomic E-state index is 5.72. The van der Waals surface area contributed by atoms with Crippen LogP contribution in [0.4, 0.5) is 0 Å². The average molecular weight is 212 g/mol. The maximum Gasteiger partial charge on any atom is 0.0401 e. The van der Waals surface area contributed by atoms with Crippen molar-refractivity contribution in [3.63, 3.8) is 0 Å². The zero-order valence-electron chi connectivity index (χ0n) is 9.48. The minimum atomic E-state index is 0.561. The van der Waals surface area contributed by atoms with Gasteiger partial charge in [-0.15, -0.1) is 0 Å². The van der Waals surface area contributed by atoms with Crippen LogP contribution in [-0.4, -0.2) is 4.98 Å². The van der Waals surface area contributed by atoms with Crippen molar-refractivity contribution in [1.29, 1.82) is 0 Å². The minimum Gasteiger partial charge on any atom is -0.326 e. The molecule has 0 amide bonds. The van der Waals surface area contributed by atoms with Gasteiger partial charge in [-0.1, -0.05) is 37.3 Å². The van der Waals surface area contributed by atoms with Gasteiger partial charge < -0.3 is 5.73 Å². The number of nitrogens with zero attached hydrogens (tertiary/aromatic N) is 1. The Morgan fingerprint density at radius 3 is 2.56 bits per heavy atom. The highest BCUT2D eigenvalue weighted by Crippen LogP contribution is 2.22. The molecule has 1 aromatic carbocycles. The molecule has 0 radical (unpaired) electrons. The van der Waals surface area contributed by atoms with Gasteiger partial charge in [-0.05, 0) is 23.6 Å². The molecule has 0 saturated carbocycles. The first-order chi connectivity index (χ1) is 7.85. The van der Waals surface area contributed by atoms with Crippen LogP contribution in [0.3, 0.4) is 0 Å². The molecule has 0 aliphatic heterocycles. The van der Waals surface area contributed by atoms with Gasteiger partial charge in [0.15, 0.2) is 0 Å². The summed E-state index contributed by atoms with van der Waals surface area (Å²) in [6.45, 7) is 2.67. The van der Waals surface area contributed by atoms with Crippen LogP contribution in [0.1, 0.15) is 18.2 Å². The smallest absolute Gasteiger partial charge is 0.0401 e. The van der Waals surface area contributed by atoms with Gasteiger partial charge in [0.1, 0.15) is 0 Å². The van der Waals surface area contributed by atoms with E-state index in [1.807, 2.05) is 18.3 Å². The molecule has 0 unspecified atom stereocenters. The topological polar surface area (TPSA) is 38.9 Å². The van der Waals surface area contributed by atoms with Crippen LogP contribution < -0.4 is 5.73 Å². The molecule has 1 aromatic heterocycles. The molecular formula is C14H16N2. The number of hydrogen-bond acceptors (Lipinski definition) is 2. The van der Waals surface area contributed by atoms with Gasteiger partial charge >= 0.3 is 0 Å². The lowest BCUT2D eigenvalue weighted by Gasteiger charge is -2.07. The van der Waals surface area contributed by atoms with E-state index in [0.29, 0.717) is 6.54 Å². The van der Waals surface area contributed by atoms with Gasteiger partial charge in [-0.3, -0.25) is 4.98 Å². The fraction of sp³-hybridized carbons (Fsp3) is 0.214. The van der Waals surface area contributed by atoms with Gasteiger partial charge in [0.05, 0.1) is 0 Å². The summed E-state index contributed by atoms with van der Waals surface area (Å²) in [6.07, 6.45) is 2.89. The van der Waals surface area contributed by atoms with E-state index >= 15 is 0 Å². The molecule has 2 rings (SSSR count). The van der Waals surface area contributed by atoms with Gasteiger partial charge in [-0.25, -0.2) is 0 Å². The van der Waals surface area contributed by atoms with Crippen molar-refractivity contribution in [2.45, 2.75) is 19.9 Å². The molecule has 0 atom stereocenters. The van der Waals surface area contributed by atoms with E-state index in [4.69, 9.17) is 5.73 Å². The Morgan fingerprint density at radius 1 is 1.12 bits per heavy atom. The number of aryl methyl sites for hydroxylation is 1. The van der Waals surface area contributed by atoms with Crippen molar-refractivity contribution in [2.75, 3.05) is 0 Å². The van der Waals surface area contributed by atoms with E-state index in [1.54, 1.807) is 0 Å². The van der Waals surface area contributed by atoms with Crippen LogP contribution in [-0.2, 0) is 13.0 Å². The van der Waals surface area contributed by atoms with Crippen molar-refractivity contribution in [3.8, 4) is 11.1 Å². The van der Waals surface area contributed by atoms with Crippen LogP contribution in [0, 0.1) is 0 Å². The van der Waals surface area contributed by atoms with Crippen LogP contribution in [0.15, 0.2) is 42.6 Å². The van der Waals surface area contributed by atoms with Gasteiger partial charge in [0.2, 0.25) is 0 Å². The fourth-order valence-corrected chi connectivity index (χ4v) is 1.77. The highest BCUT2D eigenvalue weighted by Gasteiger charge is 2.03. The largest absolute Gasteiger partial charge is 0.326 e. The minimum absolute atomic E-state index is 0.561. The number of nitrogens with two attached hydrogens (primary N) is 1. The van der Waals surface area contributed by atoms with Crippen molar-refractivity contribution in [3.05, 3.63) is 53.9 Å². The highest BCUT2D eigenvalue weighted by atomic mass is 14.7. The molecule has 0 aliphatic carbocycles. The van der Waals surface area contributed by atoms with E-state index in [0.717, 1.165) is 23.2 Å². The van der Waals surface area contributed by atoms with Crippen LogP contribution in [0.25, 0.3) is 11.1 Å². The van der Waals surface area contributed by atoms with Crippen LogP contribution in [0.2, 0.25) is 0 Å². The number of pyridine rings is 1. The summed E-state index contributed by atoms with van der Waals surface area (Å²) in [5.41, 5.74) is 10.3. The predicted octanol–water partition coefficient (Wildman–Crippen LogP) is 2.77. The van der Waals surface area contributed by atoms with E-state index in [2.05, 4.69) is 36.2 Å². The van der Waals surface area contributed by atoms with E-state index in [9.17, 15) is 0 Å². The second-order valence-corrected chi connectivity index (χ2v) is 3.75. The Hall–Kier alpha value is -1.67. The van der Waals surface area contributed by atoms with E-state index < -0.39 is 0 Å². The molecule has 0 spiro atoms. The Morgan fingerprint density at radius 2 is 1.94 bits per heavy atom. The summed E-state index contributed by atoms with van der Waals surface area (Å²) in [7, 11) is 0. The summed E-state index contributed by atoms with van der Waals surface area (Å²) < 4.78 is 0. The summed E-state index contributed by atoms with van der Waals surface area (Å²) in [6, 6.07) is 12.4. The molecule has 0 fully saturated rings. The predicted molar refractivity (Wildman–Crippen MR) is 66.9 cm³/mol. The van der Waals surface area contributed by atoms with Crippen LogP contribution >= 0.6 is 0 Å². The summed E-state index contributed by atoms with van der Waals surface area (Å²) in [5.74, 6) is 0. The lowest BCUT2D eigenvalue weighted by atomic mass is 10.0. The third-order valence-corrected chi connectivity index (χ3v) is 2.74. The summed E-state index contributed by atoms with van der Waals surface area (Å²) in [4.78, 5) is 4.41. The second-order valence-electron chi connectivity index (χ2n) is 3.75. The van der Waals surface area contributed by atoms with Gasteiger partial charge in [0, 0.05) is 24.0 Å². The first-order valence-corrected chi connectivity index (χ1v) is 5.58. The third-order valence-electron chi connectivity index (χ3n) is 2.74. The molecule has 82 valence electrons. The summed E-state index contributed by atoms with van der Waals surface area (Å²) in [5, 5.41) is 0. The molecule has 2 N–H and O–H groups in total. The first-order valence-electron chi connectivity index (χ1n) is 5.58. The van der Waals surface area contributed by atoms with Crippen LogP contribution in [0.5, 0.6) is 0 Å². The normalized spacial score (nSPS) is 10.4. The second kappa shape index (κ2) is 4.90. The number of rotatable bonds is 3. The monoisotopic (exact) mass is 212 g/mol. The molecule has 0 aliphatic rings. The SMILES string of the molecule is CCc1ccc(-c2ccccc2CN)cn1. The number of benzene rings is 1. The molecule has 0 bridgehead atoms. The highest BCUT2D eigenvalue weighted by molar-refractivity contribution is 5.66. The van der Waals surface area contributed by atoms with Crippen molar-refractivity contribution in [1.82, 2.24) is 4.98 Å². The molecule has 0 saturated heterocycles. The standard InChI is InChI=1S/C14H16N2/c1-2-13-8-7-12(10-16-13)14-6-4-3-5-11(14)9-15/h3-8,10H,2,9,15H2,1H3. The zero-order chi connectivity index (χ0) is 11.4. The lowest BCUT2D eigenvalue weighted by molar-refractivity contribution is 1.03. The van der Waals surface area contributed by atoms with Gasteiger partial charge in [-0.2, -0.15) is 0 Å². The first kappa shape index (κ1) is 10.8. The average Bonchev–Trinajstić information content (AvgIpc) is 2.39. The molecule has 2 nitrogen and oxygen atoms in total. The molecule has 2 aromatic rings. The van der Waals surface area contributed by atoms with E-state index in [1.165, 1.54) is 5.56 Å². The third kappa shape index (κ3) is 2.12. The Bertz CT molecular complexity index is 460. The van der Waals surface area contributed by atoms with Crippen molar-refractivity contribution < 1.29 is 0 Å². The van der Waals surface area contributed by atoms with Crippen molar-refractivity contribution >= 4 is 0 Å². The lowest BCUT2D eigenvalue weighted by Crippen LogP contribution is -1.98. The molecular weight excluding hydrogens is 196 g/mol. The number of hydrogen-bond donors (Lipinski definition) is 1. The Balaban J connectivity index is 2.42. The van der Waals surface area contributed by atoms with Crippen molar-refractivity contribution in [2.24, 2.45) is 5.73 Å². The number of aromatic nitrogens is 1. The zero-order valence-corrected chi connectivity index (χ0v) is 9.48. The maximum atomic E-state index is 5.72. The molecule has 16 heavy (non-hydrogen) atoms.